The molecule has 2 aromatic heterocycles. The summed E-state index contributed by atoms with van der Waals surface area (Å²) in [5, 5.41) is 14.1. The number of aryl methyl sites for hydroxylation is 2. The first-order valence-electron chi connectivity index (χ1n) is 8.36. The number of amides is 1. The van der Waals surface area contributed by atoms with Crippen LogP contribution in [-0.4, -0.2) is 55.4 Å². The minimum Gasteiger partial charge on any atom is -0.479 e. The van der Waals surface area contributed by atoms with Gasteiger partial charge in [0.05, 0.1) is 23.2 Å². The van der Waals surface area contributed by atoms with Crippen LogP contribution >= 0.6 is 0 Å². The molecule has 1 unspecified atom stereocenters. The summed E-state index contributed by atoms with van der Waals surface area (Å²) in [6, 6.07) is 1.77. The van der Waals surface area contributed by atoms with Crippen LogP contribution in [0, 0.1) is 6.92 Å². The van der Waals surface area contributed by atoms with Gasteiger partial charge in [-0.15, -0.1) is 0 Å². The Kier molecular flexibility index (Phi) is 3.35. The Labute approximate surface area is 143 Å². The molecule has 1 amide bonds. The maximum atomic E-state index is 14.4. The van der Waals surface area contributed by atoms with E-state index >= 15 is 0 Å². The molecule has 0 bridgehead atoms. The van der Waals surface area contributed by atoms with E-state index in [2.05, 4.69) is 10.1 Å². The second-order valence-corrected chi connectivity index (χ2v) is 7.02. The number of fused-ring (bicyclic) bond motifs is 1. The summed E-state index contributed by atoms with van der Waals surface area (Å²) in [5.74, 6) is -1.52. The number of carbonyl (C=O) groups excluding carboxylic acids is 1. The molecule has 8 heteroatoms. The number of halogens is 1. The molecule has 0 aromatic carbocycles. The van der Waals surface area contributed by atoms with Crippen LogP contribution in [0.15, 0.2) is 6.07 Å². The van der Waals surface area contributed by atoms with Crippen LogP contribution in [0.3, 0.4) is 0 Å². The summed E-state index contributed by atoms with van der Waals surface area (Å²) in [6.07, 6.45) is 1.89. The zero-order chi connectivity index (χ0) is 17.9. The Hall–Kier alpha value is -2.51. The molecule has 1 atom stereocenters. The summed E-state index contributed by atoms with van der Waals surface area (Å²) < 4.78 is 16.0. The van der Waals surface area contributed by atoms with Crippen molar-refractivity contribution in [2.45, 2.75) is 37.8 Å². The molecule has 25 heavy (non-hydrogen) atoms. The van der Waals surface area contributed by atoms with Crippen molar-refractivity contribution in [1.82, 2.24) is 19.7 Å². The van der Waals surface area contributed by atoms with Crippen molar-refractivity contribution in [2.75, 3.05) is 13.1 Å². The molecule has 1 aliphatic heterocycles. The lowest BCUT2D eigenvalue weighted by molar-refractivity contribution is -0.149. The van der Waals surface area contributed by atoms with Gasteiger partial charge in [0.2, 0.25) is 5.67 Å². The number of aromatic nitrogens is 3. The highest BCUT2D eigenvalue weighted by molar-refractivity contribution is 6.07. The van der Waals surface area contributed by atoms with Crippen molar-refractivity contribution in [2.24, 2.45) is 7.05 Å². The van der Waals surface area contributed by atoms with Crippen molar-refractivity contribution < 1.29 is 19.1 Å². The predicted molar refractivity (Wildman–Crippen MR) is 87.2 cm³/mol. The molecule has 0 spiro atoms. The number of carbonyl (C=O) groups is 2. The van der Waals surface area contributed by atoms with E-state index in [4.69, 9.17) is 5.11 Å². The van der Waals surface area contributed by atoms with Crippen LogP contribution < -0.4 is 0 Å². The number of carboxylic acids is 1. The van der Waals surface area contributed by atoms with Gasteiger partial charge in [0.25, 0.3) is 5.91 Å². The number of likely N-dealkylation sites (tertiary alicyclic amines) is 1. The van der Waals surface area contributed by atoms with Gasteiger partial charge >= 0.3 is 5.97 Å². The Bertz CT molecular complexity index is 905. The number of hydrogen-bond donors (Lipinski definition) is 1. The van der Waals surface area contributed by atoms with Gasteiger partial charge < -0.3 is 10.0 Å². The van der Waals surface area contributed by atoms with Crippen molar-refractivity contribution >= 4 is 22.9 Å². The Morgan fingerprint density at radius 2 is 2.12 bits per heavy atom. The number of carboxylic acid groups (broad SMARTS) is 1. The summed E-state index contributed by atoms with van der Waals surface area (Å²) in [6.45, 7) is 1.46. The van der Waals surface area contributed by atoms with Crippen LogP contribution in [0.4, 0.5) is 4.39 Å². The van der Waals surface area contributed by atoms with Crippen LogP contribution in [0.1, 0.15) is 46.9 Å². The topological polar surface area (TPSA) is 88.3 Å². The Balaban J connectivity index is 1.78. The summed E-state index contributed by atoms with van der Waals surface area (Å²) in [5.41, 5.74) is 0.231. The molecule has 0 radical (unpaired) electrons. The van der Waals surface area contributed by atoms with Gasteiger partial charge in [-0.05, 0) is 25.8 Å². The predicted octanol–water partition coefficient (Wildman–Crippen LogP) is 1.79. The Morgan fingerprint density at radius 3 is 2.72 bits per heavy atom. The highest BCUT2D eigenvalue weighted by atomic mass is 19.1. The molecule has 1 saturated heterocycles. The van der Waals surface area contributed by atoms with E-state index in [1.165, 1.54) is 4.90 Å². The first kappa shape index (κ1) is 16.0. The number of rotatable bonds is 3. The molecule has 2 aliphatic rings. The maximum absolute atomic E-state index is 14.4. The molecule has 2 aromatic rings. The average Bonchev–Trinajstić information content (AvgIpc) is 3.28. The van der Waals surface area contributed by atoms with E-state index in [1.807, 2.05) is 0 Å². The molecule has 4 rings (SSSR count). The zero-order valence-electron chi connectivity index (χ0n) is 14.1. The SMILES string of the molecule is Cc1nn(C)c2nc(C3CC3)cc(C(=O)N3CCC(F)(C(=O)O)C3)c12. The minimum absolute atomic E-state index is 0.0868. The van der Waals surface area contributed by atoms with E-state index in [0.717, 1.165) is 18.5 Å². The summed E-state index contributed by atoms with van der Waals surface area (Å²) in [4.78, 5) is 30.1. The van der Waals surface area contributed by atoms with Crippen molar-refractivity contribution in [3.63, 3.8) is 0 Å². The van der Waals surface area contributed by atoms with Crippen LogP contribution in [0.2, 0.25) is 0 Å². The van der Waals surface area contributed by atoms with Gasteiger partial charge in [-0.2, -0.15) is 5.10 Å². The molecular formula is C17H19FN4O3. The van der Waals surface area contributed by atoms with E-state index in [1.54, 1.807) is 24.7 Å². The molecular weight excluding hydrogens is 327 g/mol. The lowest BCUT2D eigenvalue weighted by Crippen LogP contribution is -2.39. The first-order valence-corrected chi connectivity index (χ1v) is 8.36. The van der Waals surface area contributed by atoms with Crippen LogP contribution in [-0.2, 0) is 11.8 Å². The van der Waals surface area contributed by atoms with Gasteiger partial charge in [-0.25, -0.2) is 14.2 Å². The lowest BCUT2D eigenvalue weighted by Gasteiger charge is -2.18. The normalized spacial score (nSPS) is 23.4. The maximum Gasteiger partial charge on any atom is 0.343 e. The standard InChI is InChI=1S/C17H19FN4O3/c1-9-13-11(15(23)22-6-5-17(18,8-22)16(24)25)7-12(10-3-4-10)19-14(13)21(2)20-9/h7,10H,3-6,8H2,1-2H3,(H,24,25). The van der Waals surface area contributed by atoms with Gasteiger partial charge in [-0.3, -0.25) is 9.48 Å². The molecule has 3 heterocycles. The first-order chi connectivity index (χ1) is 11.8. The molecule has 2 fully saturated rings. The van der Waals surface area contributed by atoms with E-state index in [-0.39, 0.29) is 18.9 Å². The zero-order valence-corrected chi connectivity index (χ0v) is 14.1. The minimum atomic E-state index is -2.37. The van der Waals surface area contributed by atoms with E-state index in [0.29, 0.717) is 28.2 Å². The molecule has 1 aliphatic carbocycles. The number of nitrogens with zero attached hydrogens (tertiary/aromatic N) is 4. The number of pyridine rings is 1. The second kappa shape index (κ2) is 5.24. The summed E-state index contributed by atoms with van der Waals surface area (Å²) in [7, 11) is 1.78. The average molecular weight is 346 g/mol. The second-order valence-electron chi connectivity index (χ2n) is 7.02. The largest absolute Gasteiger partial charge is 0.479 e. The van der Waals surface area contributed by atoms with Crippen molar-refractivity contribution in [3.8, 4) is 0 Å². The molecule has 1 N–H and O–H groups in total. The molecule has 7 nitrogen and oxygen atoms in total. The number of alkyl halides is 1. The highest BCUT2D eigenvalue weighted by Gasteiger charge is 2.47. The van der Waals surface area contributed by atoms with Crippen LogP contribution in [0.5, 0.6) is 0 Å². The smallest absolute Gasteiger partial charge is 0.343 e. The Morgan fingerprint density at radius 1 is 1.40 bits per heavy atom. The van der Waals surface area contributed by atoms with Gasteiger partial charge in [-0.1, -0.05) is 0 Å². The van der Waals surface area contributed by atoms with Crippen molar-refractivity contribution in [1.29, 1.82) is 0 Å². The summed E-state index contributed by atoms with van der Waals surface area (Å²) >= 11 is 0. The fourth-order valence-corrected chi connectivity index (χ4v) is 3.51. The quantitative estimate of drug-likeness (QED) is 0.915. The monoisotopic (exact) mass is 346 g/mol. The van der Waals surface area contributed by atoms with Gasteiger partial charge in [0, 0.05) is 31.6 Å². The third-order valence-corrected chi connectivity index (χ3v) is 5.10. The highest BCUT2D eigenvalue weighted by Crippen LogP contribution is 2.41. The van der Waals surface area contributed by atoms with E-state index in [9.17, 15) is 14.0 Å². The number of hydrogen-bond acceptors (Lipinski definition) is 4. The molecule has 132 valence electrons. The van der Waals surface area contributed by atoms with Gasteiger partial charge in [0.15, 0.2) is 5.65 Å². The van der Waals surface area contributed by atoms with E-state index < -0.39 is 18.2 Å². The third kappa shape index (κ3) is 2.47. The lowest BCUT2D eigenvalue weighted by atomic mass is 10.1. The number of aliphatic carboxylic acids is 1. The van der Waals surface area contributed by atoms with Crippen molar-refractivity contribution in [3.05, 3.63) is 23.0 Å². The fraction of sp³-hybridized carbons (Fsp3) is 0.529. The van der Waals surface area contributed by atoms with Crippen LogP contribution in [0.25, 0.3) is 11.0 Å². The van der Waals surface area contributed by atoms with Gasteiger partial charge in [0.1, 0.15) is 0 Å². The third-order valence-electron chi connectivity index (χ3n) is 5.10. The molecule has 1 saturated carbocycles. The fourth-order valence-electron chi connectivity index (χ4n) is 3.51.